The van der Waals surface area contributed by atoms with E-state index >= 15 is 0 Å². The third-order valence-corrected chi connectivity index (χ3v) is 7.12. The summed E-state index contributed by atoms with van der Waals surface area (Å²) >= 11 is 0. The van der Waals surface area contributed by atoms with Gasteiger partial charge in [-0.3, -0.25) is 14.6 Å². The number of benzene rings is 3. The van der Waals surface area contributed by atoms with Crippen molar-refractivity contribution >= 4 is 46.0 Å². The van der Waals surface area contributed by atoms with Gasteiger partial charge in [0, 0.05) is 43.3 Å². The van der Waals surface area contributed by atoms with Crippen LogP contribution in [0.3, 0.4) is 0 Å². The molecule has 0 saturated carbocycles. The molecule has 1 amide bonds. The molecule has 0 radical (unpaired) electrons. The van der Waals surface area contributed by atoms with Gasteiger partial charge in [0.25, 0.3) is 5.91 Å². The van der Waals surface area contributed by atoms with Gasteiger partial charge in [0.15, 0.2) is 5.78 Å². The van der Waals surface area contributed by atoms with Crippen molar-refractivity contribution < 1.29 is 14.0 Å². The number of nitrogens with zero attached hydrogens (tertiary/aromatic N) is 4. The molecule has 9 heteroatoms. The zero-order valence-corrected chi connectivity index (χ0v) is 23.5. The lowest BCUT2D eigenvalue weighted by molar-refractivity contribution is 0.0817. The number of hydrogen-bond acceptors (Lipinski definition) is 4. The van der Waals surface area contributed by atoms with E-state index in [2.05, 4.69) is 19.5 Å². The summed E-state index contributed by atoms with van der Waals surface area (Å²) in [7, 11) is 3.30. The molecule has 7 nitrogen and oxygen atoms in total. The van der Waals surface area contributed by atoms with Crippen LogP contribution in [0.25, 0.3) is 33.1 Å². The standard InChI is InChI=1S/C32H26FN5O2.ClH/c1-19-35-27-17-34-15-14-28(27)38(19)18-20-4-6-22(7-5-20)31(39)29-25-13-10-23(21-8-11-24(33)12-9-21)16-26(25)36-30(29)32(40)37(2)3;/h4-17,36H,18H2,1-3H3;1H. The number of aryl methyl sites for hydroxylation is 1. The van der Waals surface area contributed by atoms with Crippen molar-refractivity contribution in [1.82, 2.24) is 24.4 Å². The molecule has 0 bridgehead atoms. The lowest BCUT2D eigenvalue weighted by atomic mass is 9.97. The second-order valence-electron chi connectivity index (χ2n) is 9.98. The van der Waals surface area contributed by atoms with E-state index in [1.807, 2.05) is 43.3 Å². The number of aromatic nitrogens is 4. The molecule has 3 heterocycles. The third-order valence-electron chi connectivity index (χ3n) is 7.12. The highest BCUT2D eigenvalue weighted by molar-refractivity contribution is 6.22. The van der Waals surface area contributed by atoms with Crippen LogP contribution in [-0.2, 0) is 6.54 Å². The van der Waals surface area contributed by atoms with Crippen molar-refractivity contribution in [3.8, 4) is 11.1 Å². The highest BCUT2D eigenvalue weighted by Crippen LogP contribution is 2.31. The molecule has 0 fully saturated rings. The maximum absolute atomic E-state index is 13.9. The van der Waals surface area contributed by atoms with Crippen LogP contribution < -0.4 is 0 Å². The number of amides is 1. The first-order valence-corrected chi connectivity index (χ1v) is 12.8. The van der Waals surface area contributed by atoms with Crippen molar-refractivity contribution in [2.45, 2.75) is 13.5 Å². The summed E-state index contributed by atoms with van der Waals surface area (Å²) in [5, 5.41) is 0.652. The zero-order chi connectivity index (χ0) is 28.0. The average Bonchev–Trinajstić information content (AvgIpc) is 3.49. The van der Waals surface area contributed by atoms with Crippen LogP contribution in [0.1, 0.15) is 37.8 Å². The van der Waals surface area contributed by atoms with Gasteiger partial charge in [0.2, 0.25) is 0 Å². The topological polar surface area (TPSA) is 83.9 Å². The first-order chi connectivity index (χ1) is 19.3. The normalized spacial score (nSPS) is 11.0. The monoisotopic (exact) mass is 567 g/mol. The van der Waals surface area contributed by atoms with E-state index in [9.17, 15) is 14.0 Å². The first kappa shape index (κ1) is 27.7. The number of pyridine rings is 1. The Labute approximate surface area is 242 Å². The summed E-state index contributed by atoms with van der Waals surface area (Å²) in [5.41, 5.74) is 6.24. The molecule has 41 heavy (non-hydrogen) atoms. The SMILES string of the molecule is Cc1nc2cnccc2n1Cc1ccc(C(=O)c2c(C(=O)N(C)C)[nH]c3cc(-c4ccc(F)cc4)ccc23)cc1.Cl. The Bertz CT molecular complexity index is 1910. The number of carbonyl (C=O) groups excluding carboxylic acids is 2. The largest absolute Gasteiger partial charge is 0.350 e. The summed E-state index contributed by atoms with van der Waals surface area (Å²) in [6.45, 7) is 2.56. The molecule has 0 saturated heterocycles. The maximum atomic E-state index is 13.9. The maximum Gasteiger partial charge on any atom is 0.270 e. The highest BCUT2D eigenvalue weighted by Gasteiger charge is 2.25. The van der Waals surface area contributed by atoms with Gasteiger partial charge in [0.1, 0.15) is 22.9 Å². The minimum atomic E-state index is -0.312. The summed E-state index contributed by atoms with van der Waals surface area (Å²) < 4.78 is 15.5. The van der Waals surface area contributed by atoms with E-state index in [0.717, 1.165) is 33.5 Å². The Kier molecular flexibility index (Phi) is 7.43. The molecule has 3 aromatic heterocycles. The van der Waals surface area contributed by atoms with Crippen molar-refractivity contribution in [3.63, 3.8) is 0 Å². The van der Waals surface area contributed by atoms with Gasteiger partial charge >= 0.3 is 0 Å². The van der Waals surface area contributed by atoms with Crippen LogP contribution in [0.5, 0.6) is 0 Å². The molecule has 0 aliphatic heterocycles. The van der Waals surface area contributed by atoms with E-state index in [4.69, 9.17) is 0 Å². The van der Waals surface area contributed by atoms with Gasteiger partial charge in [-0.1, -0.05) is 48.5 Å². The van der Waals surface area contributed by atoms with Gasteiger partial charge in [-0.05, 0) is 47.9 Å². The predicted molar refractivity (Wildman–Crippen MR) is 160 cm³/mol. The second-order valence-corrected chi connectivity index (χ2v) is 9.98. The number of rotatable bonds is 6. The zero-order valence-electron chi connectivity index (χ0n) is 22.7. The quantitative estimate of drug-likeness (QED) is 0.235. The number of H-pyrrole nitrogens is 1. The van der Waals surface area contributed by atoms with E-state index in [1.165, 1.54) is 17.0 Å². The molecule has 6 rings (SSSR count). The fourth-order valence-electron chi connectivity index (χ4n) is 5.03. The van der Waals surface area contributed by atoms with Gasteiger partial charge in [-0.2, -0.15) is 0 Å². The van der Waals surface area contributed by atoms with Crippen molar-refractivity contribution in [1.29, 1.82) is 0 Å². The van der Waals surface area contributed by atoms with E-state index in [0.29, 0.717) is 28.6 Å². The van der Waals surface area contributed by atoms with Gasteiger partial charge < -0.3 is 14.5 Å². The van der Waals surface area contributed by atoms with E-state index < -0.39 is 0 Å². The van der Waals surface area contributed by atoms with Gasteiger partial charge in [-0.15, -0.1) is 12.4 Å². The van der Waals surface area contributed by atoms with Crippen LogP contribution in [0.15, 0.2) is 85.2 Å². The first-order valence-electron chi connectivity index (χ1n) is 12.8. The Morgan fingerprint density at radius 3 is 2.37 bits per heavy atom. The molecule has 0 unspecified atom stereocenters. The molecule has 1 N–H and O–H groups in total. The summed E-state index contributed by atoms with van der Waals surface area (Å²) in [6, 6.07) is 21.2. The molecule has 0 aliphatic rings. The summed E-state index contributed by atoms with van der Waals surface area (Å²) in [6.07, 6.45) is 3.50. The molecule has 6 aromatic rings. The fraction of sp³-hybridized carbons (Fsp3) is 0.125. The molecule has 0 atom stereocenters. The van der Waals surface area contributed by atoms with Gasteiger partial charge in [0.05, 0.1) is 17.3 Å². The third kappa shape index (κ3) is 5.10. The smallest absolute Gasteiger partial charge is 0.270 e. The van der Waals surface area contributed by atoms with E-state index in [-0.39, 0.29) is 35.6 Å². The van der Waals surface area contributed by atoms with Gasteiger partial charge in [-0.25, -0.2) is 9.37 Å². The van der Waals surface area contributed by atoms with Crippen LogP contribution >= 0.6 is 12.4 Å². The number of fused-ring (bicyclic) bond motifs is 2. The average molecular weight is 568 g/mol. The molecular formula is C32H27ClFN5O2. The molecule has 0 aliphatic carbocycles. The minimum Gasteiger partial charge on any atom is -0.350 e. The number of carbonyl (C=O) groups is 2. The number of hydrogen-bond donors (Lipinski definition) is 1. The Morgan fingerprint density at radius 1 is 0.951 bits per heavy atom. The molecule has 206 valence electrons. The van der Waals surface area contributed by atoms with Crippen molar-refractivity contribution in [3.05, 3.63) is 119 Å². The highest BCUT2D eigenvalue weighted by atomic mass is 35.5. The summed E-state index contributed by atoms with van der Waals surface area (Å²) in [5.74, 6) is 0.0337. The number of aromatic amines is 1. The second kappa shape index (κ2) is 11.0. The molecule has 3 aromatic carbocycles. The lowest BCUT2D eigenvalue weighted by Crippen LogP contribution is -2.24. The number of halogens is 2. The lowest BCUT2D eigenvalue weighted by Gasteiger charge is -2.11. The van der Waals surface area contributed by atoms with E-state index in [1.54, 1.807) is 50.8 Å². The summed E-state index contributed by atoms with van der Waals surface area (Å²) in [4.78, 5) is 40.3. The number of ketones is 1. The number of imidazole rings is 1. The predicted octanol–water partition coefficient (Wildman–Crippen LogP) is 6.43. The van der Waals surface area contributed by atoms with Crippen LogP contribution in [0.4, 0.5) is 4.39 Å². The number of nitrogens with one attached hydrogen (secondary N) is 1. The van der Waals surface area contributed by atoms with Crippen molar-refractivity contribution in [2.24, 2.45) is 0 Å². The van der Waals surface area contributed by atoms with Crippen LogP contribution in [0.2, 0.25) is 0 Å². The van der Waals surface area contributed by atoms with Crippen molar-refractivity contribution in [2.75, 3.05) is 14.1 Å². The fourth-order valence-corrected chi connectivity index (χ4v) is 5.03. The van der Waals surface area contributed by atoms with Crippen LogP contribution in [-0.4, -0.2) is 50.2 Å². The van der Waals surface area contributed by atoms with Crippen LogP contribution in [0, 0.1) is 12.7 Å². The Hall–Kier alpha value is -4.82. The minimum absolute atomic E-state index is 0. The Balaban J connectivity index is 0.00000337. The molecule has 0 spiro atoms. The molecular weight excluding hydrogens is 541 g/mol. The Morgan fingerprint density at radius 2 is 1.66 bits per heavy atom.